The first-order valence-electron chi connectivity index (χ1n) is 16.7. The second-order valence-corrected chi connectivity index (χ2v) is 12.6. The quantitative estimate of drug-likeness (QED) is 0.190. The third-order valence-electron chi connectivity index (χ3n) is 9.77. The molecule has 10 aromatic rings. The summed E-state index contributed by atoms with van der Waals surface area (Å²) in [6.45, 7) is 0. The minimum Gasteiger partial charge on any atom is -0.456 e. The average Bonchev–Trinajstić information content (AvgIpc) is 3.71. The Bertz CT molecular complexity index is 2770. The van der Waals surface area contributed by atoms with Gasteiger partial charge >= 0.3 is 0 Å². The molecule has 49 heavy (non-hydrogen) atoms. The summed E-state index contributed by atoms with van der Waals surface area (Å²) in [5.74, 6) is 0. The van der Waals surface area contributed by atoms with Crippen LogP contribution < -0.4 is 4.90 Å². The van der Waals surface area contributed by atoms with Gasteiger partial charge in [0.15, 0.2) is 0 Å². The fourth-order valence-corrected chi connectivity index (χ4v) is 7.42. The number of furan rings is 1. The molecule has 0 saturated carbocycles. The number of anilines is 3. The maximum absolute atomic E-state index is 6.20. The summed E-state index contributed by atoms with van der Waals surface area (Å²) in [6, 6.07) is 65.1. The maximum atomic E-state index is 6.20. The number of hydrogen-bond donors (Lipinski definition) is 0. The summed E-state index contributed by atoms with van der Waals surface area (Å²) in [6.07, 6.45) is 0. The molecule has 0 spiro atoms. The molecule has 0 bridgehead atoms. The summed E-state index contributed by atoms with van der Waals surface area (Å²) in [7, 11) is 0. The van der Waals surface area contributed by atoms with Crippen LogP contribution in [0.4, 0.5) is 17.1 Å². The van der Waals surface area contributed by atoms with Gasteiger partial charge in [-0.2, -0.15) is 0 Å². The normalized spacial score (nSPS) is 11.7. The minimum absolute atomic E-state index is 0.887. The predicted molar refractivity (Wildman–Crippen MR) is 206 cm³/mol. The van der Waals surface area contributed by atoms with Crippen LogP contribution in [0.3, 0.4) is 0 Å². The molecule has 0 aliphatic rings. The molecule has 0 saturated heterocycles. The second-order valence-electron chi connectivity index (χ2n) is 12.6. The van der Waals surface area contributed by atoms with E-state index in [1.165, 1.54) is 43.7 Å². The molecule has 8 aromatic carbocycles. The van der Waals surface area contributed by atoms with Crippen molar-refractivity contribution >= 4 is 71.6 Å². The van der Waals surface area contributed by atoms with E-state index in [4.69, 9.17) is 4.42 Å². The zero-order valence-electron chi connectivity index (χ0n) is 26.6. The Labute approximate surface area is 283 Å². The van der Waals surface area contributed by atoms with Crippen LogP contribution in [-0.2, 0) is 0 Å². The van der Waals surface area contributed by atoms with Crippen LogP contribution in [0.25, 0.3) is 71.3 Å². The summed E-state index contributed by atoms with van der Waals surface area (Å²) in [5.41, 5.74) is 11.0. The lowest BCUT2D eigenvalue weighted by molar-refractivity contribution is 0.669. The number of benzene rings is 8. The van der Waals surface area contributed by atoms with Crippen molar-refractivity contribution in [3.63, 3.8) is 0 Å². The van der Waals surface area contributed by atoms with E-state index in [1.807, 2.05) is 12.1 Å². The van der Waals surface area contributed by atoms with Crippen LogP contribution in [0, 0.1) is 0 Å². The highest BCUT2D eigenvalue weighted by molar-refractivity contribution is 6.09. The zero-order chi connectivity index (χ0) is 32.3. The Hall–Kier alpha value is -6.58. The lowest BCUT2D eigenvalue weighted by atomic mass is 10.0. The van der Waals surface area contributed by atoms with Crippen molar-refractivity contribution in [2.45, 2.75) is 0 Å². The van der Waals surface area contributed by atoms with Crippen molar-refractivity contribution < 1.29 is 4.42 Å². The van der Waals surface area contributed by atoms with Crippen molar-refractivity contribution in [3.8, 4) is 16.8 Å². The Kier molecular flexibility index (Phi) is 6.18. The van der Waals surface area contributed by atoms with E-state index in [2.05, 4.69) is 179 Å². The smallest absolute Gasteiger partial charge is 0.135 e. The van der Waals surface area contributed by atoms with Crippen molar-refractivity contribution in [2.24, 2.45) is 0 Å². The number of hydrogen-bond acceptors (Lipinski definition) is 2. The lowest BCUT2D eigenvalue weighted by Gasteiger charge is -2.26. The molecule has 0 fully saturated rings. The SMILES string of the molecule is c1ccc2cc(-c3ccc(N(c4ccc(-n5c6ccccc6c6ccccc65)cc4)c4ccc5oc6ccccc6c5c4)cc3)ccc2c1. The highest BCUT2D eigenvalue weighted by Gasteiger charge is 2.17. The highest BCUT2D eigenvalue weighted by atomic mass is 16.3. The molecule has 0 aliphatic heterocycles. The van der Waals surface area contributed by atoms with Crippen molar-refractivity contribution in [1.82, 2.24) is 4.57 Å². The number of fused-ring (bicyclic) bond motifs is 7. The minimum atomic E-state index is 0.887. The molecule has 3 nitrogen and oxygen atoms in total. The Balaban J connectivity index is 1.11. The second kappa shape index (κ2) is 11.0. The van der Waals surface area contributed by atoms with E-state index in [-0.39, 0.29) is 0 Å². The Morgan fingerprint density at radius 2 is 0.918 bits per heavy atom. The van der Waals surface area contributed by atoms with Crippen LogP contribution in [-0.4, -0.2) is 4.57 Å². The van der Waals surface area contributed by atoms with Crippen molar-refractivity contribution in [2.75, 3.05) is 4.90 Å². The number of nitrogens with zero attached hydrogens (tertiary/aromatic N) is 2. The van der Waals surface area contributed by atoms with Crippen LogP contribution in [0.2, 0.25) is 0 Å². The van der Waals surface area contributed by atoms with Gasteiger partial charge in [0.1, 0.15) is 11.2 Å². The first-order valence-corrected chi connectivity index (χ1v) is 16.7. The molecule has 0 aliphatic carbocycles. The van der Waals surface area contributed by atoms with Crippen LogP contribution in [0.15, 0.2) is 186 Å². The van der Waals surface area contributed by atoms with Crippen LogP contribution >= 0.6 is 0 Å². The third-order valence-corrected chi connectivity index (χ3v) is 9.77. The third kappa shape index (κ3) is 4.51. The van der Waals surface area contributed by atoms with Gasteiger partial charge in [0.25, 0.3) is 0 Å². The molecule has 3 heteroatoms. The molecule has 0 amide bonds. The molecule has 230 valence electrons. The fourth-order valence-electron chi connectivity index (χ4n) is 7.42. The van der Waals surface area contributed by atoms with Gasteiger partial charge < -0.3 is 13.9 Å². The zero-order valence-corrected chi connectivity index (χ0v) is 26.6. The molecule has 2 heterocycles. The summed E-state index contributed by atoms with van der Waals surface area (Å²) < 4.78 is 8.56. The number of aromatic nitrogens is 1. The molecule has 0 radical (unpaired) electrons. The average molecular weight is 627 g/mol. The predicted octanol–water partition coefficient (Wildman–Crippen LogP) is 13.0. The van der Waals surface area contributed by atoms with Crippen LogP contribution in [0.5, 0.6) is 0 Å². The van der Waals surface area contributed by atoms with Gasteiger partial charge in [-0.1, -0.05) is 103 Å². The first-order chi connectivity index (χ1) is 24.3. The van der Waals surface area contributed by atoms with E-state index in [1.54, 1.807) is 0 Å². The van der Waals surface area contributed by atoms with Gasteiger partial charge in [0.2, 0.25) is 0 Å². The Morgan fingerprint density at radius 1 is 0.367 bits per heavy atom. The van der Waals surface area contributed by atoms with E-state index >= 15 is 0 Å². The lowest BCUT2D eigenvalue weighted by Crippen LogP contribution is -2.10. The van der Waals surface area contributed by atoms with E-state index in [0.717, 1.165) is 44.7 Å². The summed E-state index contributed by atoms with van der Waals surface area (Å²) in [4.78, 5) is 2.33. The van der Waals surface area contributed by atoms with E-state index in [0.29, 0.717) is 0 Å². The molecule has 10 rings (SSSR count). The molecule has 0 N–H and O–H groups in total. The Morgan fingerprint density at radius 3 is 1.65 bits per heavy atom. The standard InChI is InChI=1S/C46H30N2O/c1-2-10-33-29-34(18-17-31(33)9-1)32-19-21-35(22-20-32)47(38-27-28-46-42(30-38)41-13-5-8-16-45(41)49-46)36-23-25-37(26-24-36)48-43-14-6-3-11-39(43)40-12-4-7-15-44(40)48/h1-30H. The fraction of sp³-hybridized carbons (Fsp3) is 0. The molecule has 0 unspecified atom stereocenters. The maximum Gasteiger partial charge on any atom is 0.135 e. The molecular weight excluding hydrogens is 597 g/mol. The van der Waals surface area contributed by atoms with E-state index < -0.39 is 0 Å². The largest absolute Gasteiger partial charge is 0.456 e. The van der Waals surface area contributed by atoms with Crippen molar-refractivity contribution in [1.29, 1.82) is 0 Å². The van der Waals surface area contributed by atoms with Gasteiger partial charge in [0, 0.05) is 44.3 Å². The van der Waals surface area contributed by atoms with Gasteiger partial charge in [0.05, 0.1) is 11.0 Å². The first kappa shape index (κ1) is 27.5. The number of rotatable bonds is 5. The summed E-state index contributed by atoms with van der Waals surface area (Å²) in [5, 5.41) is 7.24. The van der Waals surface area contributed by atoms with Gasteiger partial charge in [-0.15, -0.1) is 0 Å². The van der Waals surface area contributed by atoms with Gasteiger partial charge in [-0.3, -0.25) is 0 Å². The molecule has 0 atom stereocenters. The van der Waals surface area contributed by atoms with Crippen LogP contribution in [0.1, 0.15) is 0 Å². The monoisotopic (exact) mass is 626 g/mol. The van der Waals surface area contributed by atoms with Crippen molar-refractivity contribution in [3.05, 3.63) is 182 Å². The molecular formula is C46H30N2O. The molecule has 2 aromatic heterocycles. The topological polar surface area (TPSA) is 21.3 Å². The van der Waals surface area contributed by atoms with Gasteiger partial charge in [-0.25, -0.2) is 0 Å². The number of para-hydroxylation sites is 3. The summed E-state index contributed by atoms with van der Waals surface area (Å²) >= 11 is 0. The van der Waals surface area contributed by atoms with E-state index in [9.17, 15) is 0 Å². The highest BCUT2D eigenvalue weighted by Crippen LogP contribution is 2.40. The van der Waals surface area contributed by atoms with Gasteiger partial charge in [-0.05, 0) is 101 Å².